The predicted molar refractivity (Wildman–Crippen MR) is 102 cm³/mol. The van der Waals surface area contributed by atoms with E-state index in [4.69, 9.17) is 5.73 Å². The van der Waals surface area contributed by atoms with Crippen molar-refractivity contribution >= 4 is 15.8 Å². The number of benzene rings is 1. The van der Waals surface area contributed by atoms with Crippen molar-refractivity contribution in [2.24, 2.45) is 10.7 Å². The van der Waals surface area contributed by atoms with Gasteiger partial charge >= 0.3 is 0 Å². The average molecular weight is 354 g/mol. The van der Waals surface area contributed by atoms with Crippen molar-refractivity contribution in [2.45, 2.75) is 57.7 Å². The molecular weight excluding hydrogens is 322 g/mol. The number of hydrogen-bond donors (Lipinski definition) is 2. The molecule has 0 amide bonds. The third-order valence-corrected chi connectivity index (χ3v) is 4.63. The summed E-state index contributed by atoms with van der Waals surface area (Å²) in [6.07, 6.45) is 8.68. The zero-order valence-electron chi connectivity index (χ0n) is 14.9. The predicted octanol–water partition coefficient (Wildman–Crippen LogP) is 3.00. The van der Waals surface area contributed by atoms with E-state index in [0.717, 1.165) is 24.1 Å². The van der Waals surface area contributed by atoms with Gasteiger partial charge in [-0.15, -0.1) is 0 Å². The summed E-state index contributed by atoms with van der Waals surface area (Å²) in [5, 5.41) is 3.12. The zero-order valence-corrected chi connectivity index (χ0v) is 15.7. The van der Waals surface area contributed by atoms with Gasteiger partial charge in [0.15, 0.2) is 15.8 Å². The Bertz CT molecular complexity index is 612. The highest BCUT2D eigenvalue weighted by atomic mass is 32.2. The molecule has 1 aromatic rings. The Hall–Kier alpha value is -1.56. The van der Waals surface area contributed by atoms with Crippen LogP contribution in [0.1, 0.15) is 56.6 Å². The van der Waals surface area contributed by atoms with Crippen LogP contribution in [0.2, 0.25) is 0 Å². The Kier molecular flexibility index (Phi) is 9.45. The lowest BCUT2D eigenvalue weighted by molar-refractivity contribution is 0.601. The number of rotatable bonds is 11. The zero-order chi connectivity index (χ0) is 17.8. The van der Waals surface area contributed by atoms with E-state index in [0.29, 0.717) is 12.5 Å². The molecule has 24 heavy (non-hydrogen) atoms. The van der Waals surface area contributed by atoms with E-state index in [1.54, 1.807) is 0 Å². The van der Waals surface area contributed by atoms with Crippen molar-refractivity contribution in [1.82, 2.24) is 5.32 Å². The summed E-state index contributed by atoms with van der Waals surface area (Å²) in [5.74, 6) is 0.446. The van der Waals surface area contributed by atoms with Crippen LogP contribution in [0.25, 0.3) is 0 Å². The molecule has 0 aliphatic heterocycles. The highest BCUT2D eigenvalue weighted by Crippen LogP contribution is 2.13. The molecule has 0 fully saturated rings. The Morgan fingerprint density at radius 2 is 1.71 bits per heavy atom. The van der Waals surface area contributed by atoms with Crippen molar-refractivity contribution in [3.63, 3.8) is 0 Å². The van der Waals surface area contributed by atoms with Crippen LogP contribution in [0.5, 0.6) is 0 Å². The molecule has 0 atom stereocenters. The topological polar surface area (TPSA) is 84.5 Å². The minimum absolute atomic E-state index is 0.0315. The lowest BCUT2D eigenvalue weighted by Gasteiger charge is -2.08. The van der Waals surface area contributed by atoms with Crippen molar-refractivity contribution in [1.29, 1.82) is 0 Å². The van der Waals surface area contributed by atoms with Gasteiger partial charge < -0.3 is 11.1 Å². The fourth-order valence-electron chi connectivity index (χ4n) is 2.48. The van der Waals surface area contributed by atoms with Gasteiger partial charge in [-0.1, -0.05) is 63.3 Å². The maximum atomic E-state index is 11.5. The number of hydrogen-bond acceptors (Lipinski definition) is 3. The third kappa shape index (κ3) is 9.55. The lowest BCUT2D eigenvalue weighted by Crippen LogP contribution is -2.32. The molecule has 136 valence electrons. The lowest BCUT2D eigenvalue weighted by atomic mass is 10.1. The van der Waals surface area contributed by atoms with E-state index in [1.165, 1.54) is 38.4 Å². The molecule has 6 heteroatoms. The molecule has 0 heterocycles. The molecule has 0 aliphatic rings. The quantitative estimate of drug-likeness (QED) is 0.364. The number of sulfone groups is 1. The van der Waals surface area contributed by atoms with Gasteiger partial charge in [0.1, 0.15) is 0 Å². The van der Waals surface area contributed by atoms with Crippen LogP contribution < -0.4 is 11.1 Å². The molecule has 0 unspecified atom stereocenters. The number of unbranched alkanes of at least 4 members (excludes halogenated alkanes) is 5. The summed E-state index contributed by atoms with van der Waals surface area (Å²) < 4.78 is 23.0. The minimum Gasteiger partial charge on any atom is -0.370 e. The second-order valence-electron chi connectivity index (χ2n) is 6.23. The van der Waals surface area contributed by atoms with Crippen molar-refractivity contribution in [3.8, 4) is 0 Å². The molecular formula is C18H31N3O2S. The molecule has 0 bridgehead atoms. The van der Waals surface area contributed by atoms with E-state index in [2.05, 4.69) is 17.2 Å². The maximum Gasteiger partial charge on any atom is 0.188 e. The first-order valence-corrected chi connectivity index (χ1v) is 10.8. The van der Waals surface area contributed by atoms with E-state index < -0.39 is 9.84 Å². The Balaban J connectivity index is 2.40. The van der Waals surface area contributed by atoms with Crippen LogP contribution in [0.15, 0.2) is 29.3 Å². The standard InChI is InChI=1S/C18H31N3O2S/c1-3-4-5-6-7-10-13-20-18(19)21-14-16-11-8-9-12-17(16)15-24(2,22)23/h8-9,11-12H,3-7,10,13-15H2,1-2H3,(H3,19,20,21). The SMILES string of the molecule is CCCCCCCCNC(N)=NCc1ccccc1CS(C)(=O)=O. The molecule has 0 aromatic heterocycles. The van der Waals surface area contributed by atoms with Gasteiger partial charge in [0.2, 0.25) is 0 Å². The smallest absolute Gasteiger partial charge is 0.188 e. The number of guanidine groups is 1. The van der Waals surface area contributed by atoms with E-state index in [1.807, 2.05) is 24.3 Å². The summed E-state index contributed by atoms with van der Waals surface area (Å²) in [6.45, 7) is 3.43. The monoisotopic (exact) mass is 353 g/mol. The second-order valence-corrected chi connectivity index (χ2v) is 8.37. The summed E-state index contributed by atoms with van der Waals surface area (Å²) in [7, 11) is -3.06. The Labute approximate surface area is 146 Å². The number of nitrogens with zero attached hydrogens (tertiary/aromatic N) is 1. The first kappa shape index (κ1) is 20.5. The fourth-order valence-corrected chi connectivity index (χ4v) is 3.33. The highest BCUT2D eigenvalue weighted by molar-refractivity contribution is 7.89. The van der Waals surface area contributed by atoms with E-state index in [-0.39, 0.29) is 5.75 Å². The third-order valence-electron chi connectivity index (χ3n) is 3.79. The molecule has 0 saturated heterocycles. The largest absolute Gasteiger partial charge is 0.370 e. The maximum absolute atomic E-state index is 11.5. The van der Waals surface area contributed by atoms with E-state index in [9.17, 15) is 8.42 Å². The number of aliphatic imine (C=N–C) groups is 1. The van der Waals surface area contributed by atoms with Crippen LogP contribution >= 0.6 is 0 Å². The van der Waals surface area contributed by atoms with Gasteiger partial charge in [-0.05, 0) is 17.5 Å². The first-order valence-electron chi connectivity index (χ1n) is 8.70. The molecule has 0 radical (unpaired) electrons. The number of nitrogens with one attached hydrogen (secondary N) is 1. The summed E-state index contributed by atoms with van der Waals surface area (Å²) in [6, 6.07) is 7.45. The van der Waals surface area contributed by atoms with Crippen LogP contribution in [-0.4, -0.2) is 27.2 Å². The van der Waals surface area contributed by atoms with Crippen LogP contribution in [0, 0.1) is 0 Å². The molecule has 3 N–H and O–H groups in total. The van der Waals surface area contributed by atoms with Gasteiger partial charge in [-0.3, -0.25) is 0 Å². The van der Waals surface area contributed by atoms with Gasteiger partial charge in [-0.2, -0.15) is 0 Å². The van der Waals surface area contributed by atoms with Crippen LogP contribution in [-0.2, 0) is 22.1 Å². The van der Waals surface area contributed by atoms with Crippen molar-refractivity contribution in [3.05, 3.63) is 35.4 Å². The molecule has 1 aromatic carbocycles. The Morgan fingerprint density at radius 1 is 1.08 bits per heavy atom. The first-order chi connectivity index (χ1) is 11.4. The molecule has 0 spiro atoms. The van der Waals surface area contributed by atoms with Gasteiger partial charge in [0.25, 0.3) is 0 Å². The van der Waals surface area contributed by atoms with Gasteiger partial charge in [-0.25, -0.2) is 13.4 Å². The molecule has 1 rings (SSSR count). The summed E-state index contributed by atoms with van der Waals surface area (Å²) in [4.78, 5) is 4.32. The van der Waals surface area contributed by atoms with E-state index >= 15 is 0 Å². The molecule has 5 nitrogen and oxygen atoms in total. The molecule has 0 saturated carbocycles. The summed E-state index contributed by atoms with van der Waals surface area (Å²) in [5.41, 5.74) is 7.56. The summed E-state index contributed by atoms with van der Waals surface area (Å²) >= 11 is 0. The van der Waals surface area contributed by atoms with Crippen molar-refractivity contribution in [2.75, 3.05) is 12.8 Å². The number of nitrogens with two attached hydrogens (primary N) is 1. The highest BCUT2D eigenvalue weighted by Gasteiger charge is 2.08. The Morgan fingerprint density at radius 3 is 2.38 bits per heavy atom. The minimum atomic E-state index is -3.06. The fraction of sp³-hybridized carbons (Fsp3) is 0.611. The molecule has 0 aliphatic carbocycles. The van der Waals surface area contributed by atoms with Gasteiger partial charge in [0, 0.05) is 12.8 Å². The normalized spacial score (nSPS) is 12.3. The van der Waals surface area contributed by atoms with Crippen molar-refractivity contribution < 1.29 is 8.42 Å². The average Bonchev–Trinajstić information content (AvgIpc) is 2.52. The second kappa shape index (κ2) is 11.1. The van der Waals surface area contributed by atoms with Crippen LogP contribution in [0.3, 0.4) is 0 Å². The van der Waals surface area contributed by atoms with Crippen LogP contribution in [0.4, 0.5) is 0 Å². The van der Waals surface area contributed by atoms with Gasteiger partial charge in [0.05, 0.1) is 12.3 Å².